The lowest BCUT2D eigenvalue weighted by Crippen LogP contribution is -2.38. The minimum absolute atomic E-state index is 0.126. The molecule has 0 bridgehead atoms. The number of fused-ring (bicyclic) bond motifs is 1. The Hall–Kier alpha value is -0.920. The highest BCUT2D eigenvalue weighted by atomic mass is 32.2. The molecule has 1 aliphatic carbocycles. The molecule has 6 nitrogen and oxygen atoms in total. The molecule has 0 aromatic carbocycles. The van der Waals surface area contributed by atoms with Gasteiger partial charge in [-0.25, -0.2) is 8.42 Å². The molecular formula is C13H22N4O2S. The molecule has 112 valence electrons. The van der Waals surface area contributed by atoms with Crippen molar-refractivity contribution in [2.45, 2.75) is 37.6 Å². The van der Waals surface area contributed by atoms with Gasteiger partial charge in [-0.3, -0.25) is 4.68 Å². The Morgan fingerprint density at radius 1 is 1.35 bits per heavy atom. The number of sulfonamides is 1. The summed E-state index contributed by atoms with van der Waals surface area (Å²) in [4.78, 5) is 2.09. The highest BCUT2D eigenvalue weighted by molar-refractivity contribution is 7.90. The van der Waals surface area contributed by atoms with Crippen LogP contribution in [0.1, 0.15) is 29.8 Å². The van der Waals surface area contributed by atoms with Crippen LogP contribution in [0.25, 0.3) is 0 Å². The minimum atomic E-state index is -3.08. The van der Waals surface area contributed by atoms with E-state index in [1.807, 2.05) is 25.8 Å². The first kappa shape index (κ1) is 14.0. The third-order valence-electron chi connectivity index (χ3n) is 4.07. The predicted molar refractivity (Wildman–Crippen MR) is 76.7 cm³/mol. The fourth-order valence-corrected chi connectivity index (χ4v) is 4.65. The molecule has 3 rings (SSSR count). The maximum atomic E-state index is 12.3. The second-order valence-corrected chi connectivity index (χ2v) is 8.27. The summed E-state index contributed by atoms with van der Waals surface area (Å²) in [5.74, 6) is 0. The van der Waals surface area contributed by atoms with Crippen molar-refractivity contribution in [3.05, 3.63) is 17.0 Å². The average Bonchev–Trinajstić information content (AvgIpc) is 3.17. The zero-order chi connectivity index (χ0) is 14.5. The van der Waals surface area contributed by atoms with Crippen molar-refractivity contribution in [3.63, 3.8) is 0 Å². The van der Waals surface area contributed by atoms with Crippen molar-refractivity contribution < 1.29 is 8.42 Å². The van der Waals surface area contributed by atoms with Crippen LogP contribution in [0, 0.1) is 0 Å². The van der Waals surface area contributed by atoms with E-state index in [0.29, 0.717) is 13.1 Å². The summed E-state index contributed by atoms with van der Waals surface area (Å²) < 4.78 is 28.2. The van der Waals surface area contributed by atoms with E-state index >= 15 is 0 Å². The molecule has 1 aromatic heterocycles. The van der Waals surface area contributed by atoms with Crippen molar-refractivity contribution in [2.24, 2.45) is 7.05 Å². The molecule has 1 aromatic rings. The third-order valence-corrected chi connectivity index (χ3v) is 6.41. The molecule has 2 aliphatic rings. The van der Waals surface area contributed by atoms with Gasteiger partial charge in [0.2, 0.25) is 10.0 Å². The van der Waals surface area contributed by atoms with Crippen molar-refractivity contribution in [3.8, 4) is 0 Å². The Labute approximate surface area is 120 Å². The number of hydrogen-bond donors (Lipinski definition) is 0. The monoisotopic (exact) mass is 298 g/mol. The highest BCUT2D eigenvalue weighted by Crippen LogP contribution is 2.34. The Bertz CT molecular complexity index is 617. The number of hydrogen-bond acceptors (Lipinski definition) is 4. The topological polar surface area (TPSA) is 58.4 Å². The summed E-state index contributed by atoms with van der Waals surface area (Å²) in [6.07, 6.45) is 2.42. The number of aryl methyl sites for hydroxylation is 1. The van der Waals surface area contributed by atoms with Gasteiger partial charge in [0, 0.05) is 25.7 Å². The summed E-state index contributed by atoms with van der Waals surface area (Å²) in [5.41, 5.74) is 3.37. The van der Waals surface area contributed by atoms with E-state index in [0.717, 1.165) is 37.2 Å². The predicted octanol–water partition coefficient (Wildman–Crippen LogP) is 0.332. The van der Waals surface area contributed by atoms with E-state index in [-0.39, 0.29) is 5.25 Å². The highest BCUT2D eigenvalue weighted by Gasteiger charge is 2.41. The summed E-state index contributed by atoms with van der Waals surface area (Å²) in [7, 11) is 2.87. The van der Waals surface area contributed by atoms with Crippen LogP contribution < -0.4 is 0 Å². The van der Waals surface area contributed by atoms with E-state index in [1.165, 1.54) is 5.56 Å². The molecule has 1 saturated carbocycles. The minimum Gasteiger partial charge on any atom is -0.303 e. The molecule has 0 amide bonds. The molecule has 0 unspecified atom stereocenters. The lowest BCUT2D eigenvalue weighted by atomic mass is 10.1. The fraction of sp³-hybridized carbons (Fsp3) is 0.769. The molecule has 0 atom stereocenters. The standard InChI is InChI=1S/C13H22N4O2S/c1-15(2)8-12-11-6-7-17(9-13(11)16(3)14-12)20(18,19)10-4-5-10/h10H,4-9H2,1-3H3. The van der Waals surface area contributed by atoms with Crippen molar-refractivity contribution in [2.75, 3.05) is 20.6 Å². The molecule has 0 spiro atoms. The summed E-state index contributed by atoms with van der Waals surface area (Å²) in [6, 6.07) is 0. The fourth-order valence-electron chi connectivity index (χ4n) is 2.85. The van der Waals surface area contributed by atoms with E-state index < -0.39 is 10.0 Å². The second-order valence-electron chi connectivity index (χ2n) is 6.06. The van der Waals surface area contributed by atoms with Crippen LogP contribution in [0.15, 0.2) is 0 Å². The van der Waals surface area contributed by atoms with Crippen LogP contribution in [0.5, 0.6) is 0 Å². The first-order chi connectivity index (χ1) is 9.39. The Balaban J connectivity index is 1.86. The molecular weight excluding hydrogens is 276 g/mol. The molecule has 2 heterocycles. The molecule has 20 heavy (non-hydrogen) atoms. The maximum absolute atomic E-state index is 12.3. The lowest BCUT2D eigenvalue weighted by molar-refractivity contribution is 0.375. The smallest absolute Gasteiger partial charge is 0.217 e. The average molecular weight is 298 g/mol. The van der Waals surface area contributed by atoms with Gasteiger partial charge >= 0.3 is 0 Å². The largest absolute Gasteiger partial charge is 0.303 e. The van der Waals surface area contributed by atoms with E-state index in [1.54, 1.807) is 4.31 Å². The van der Waals surface area contributed by atoms with Crippen LogP contribution >= 0.6 is 0 Å². The van der Waals surface area contributed by atoms with Crippen LogP contribution in [0.4, 0.5) is 0 Å². The van der Waals surface area contributed by atoms with Gasteiger partial charge in [0.25, 0.3) is 0 Å². The van der Waals surface area contributed by atoms with Gasteiger partial charge in [-0.2, -0.15) is 9.40 Å². The zero-order valence-electron chi connectivity index (χ0n) is 12.3. The molecule has 0 saturated heterocycles. The van der Waals surface area contributed by atoms with Crippen molar-refractivity contribution in [1.82, 2.24) is 19.0 Å². The Morgan fingerprint density at radius 3 is 2.65 bits per heavy atom. The van der Waals surface area contributed by atoms with Gasteiger partial charge < -0.3 is 4.90 Å². The Morgan fingerprint density at radius 2 is 2.05 bits per heavy atom. The van der Waals surface area contributed by atoms with Gasteiger partial charge in [0.1, 0.15) is 0 Å². The SMILES string of the molecule is CN(C)Cc1nn(C)c2c1CCN(S(=O)(=O)C1CC1)C2. The van der Waals surface area contributed by atoms with Gasteiger partial charge in [0.15, 0.2) is 0 Å². The lowest BCUT2D eigenvalue weighted by Gasteiger charge is -2.27. The van der Waals surface area contributed by atoms with E-state index in [4.69, 9.17) is 0 Å². The Kier molecular flexibility index (Phi) is 3.38. The van der Waals surface area contributed by atoms with Crippen molar-refractivity contribution >= 4 is 10.0 Å². The van der Waals surface area contributed by atoms with Gasteiger partial charge in [-0.1, -0.05) is 0 Å². The third kappa shape index (κ3) is 2.38. The van der Waals surface area contributed by atoms with Crippen molar-refractivity contribution in [1.29, 1.82) is 0 Å². The quantitative estimate of drug-likeness (QED) is 0.804. The molecule has 7 heteroatoms. The van der Waals surface area contributed by atoms with Crippen LogP contribution in [-0.4, -0.2) is 53.3 Å². The molecule has 0 N–H and O–H groups in total. The number of aromatic nitrogens is 2. The van der Waals surface area contributed by atoms with Gasteiger partial charge in [-0.05, 0) is 33.4 Å². The van der Waals surface area contributed by atoms with Crippen LogP contribution in [-0.2, 0) is 36.6 Å². The van der Waals surface area contributed by atoms with E-state index in [9.17, 15) is 8.42 Å². The molecule has 1 fully saturated rings. The molecule has 1 aliphatic heterocycles. The summed E-state index contributed by atoms with van der Waals surface area (Å²) >= 11 is 0. The number of nitrogens with zero attached hydrogens (tertiary/aromatic N) is 4. The first-order valence-electron chi connectivity index (χ1n) is 7.07. The summed E-state index contributed by atoms with van der Waals surface area (Å²) in [5, 5.41) is 4.44. The normalized spacial score (nSPS) is 20.4. The molecule has 0 radical (unpaired) electrons. The number of rotatable bonds is 4. The second kappa shape index (κ2) is 4.82. The maximum Gasteiger partial charge on any atom is 0.217 e. The van der Waals surface area contributed by atoms with E-state index in [2.05, 4.69) is 10.00 Å². The first-order valence-corrected chi connectivity index (χ1v) is 8.57. The van der Waals surface area contributed by atoms with Gasteiger partial charge in [0.05, 0.1) is 23.2 Å². The summed E-state index contributed by atoms with van der Waals surface area (Å²) in [6.45, 7) is 1.88. The zero-order valence-corrected chi connectivity index (χ0v) is 13.2. The van der Waals surface area contributed by atoms with Gasteiger partial charge in [-0.15, -0.1) is 0 Å². The van der Waals surface area contributed by atoms with Crippen LogP contribution in [0.3, 0.4) is 0 Å². The van der Waals surface area contributed by atoms with Crippen LogP contribution in [0.2, 0.25) is 0 Å².